The summed E-state index contributed by atoms with van der Waals surface area (Å²) in [7, 11) is 1.71. The van der Waals surface area contributed by atoms with E-state index in [-0.39, 0.29) is 11.6 Å². The number of anilines is 1. The Hall–Kier alpha value is -1.38. The van der Waals surface area contributed by atoms with Gasteiger partial charge in [-0.05, 0) is 31.5 Å². The van der Waals surface area contributed by atoms with E-state index >= 15 is 0 Å². The fraction of sp³-hybridized carbons (Fsp3) is 0.300. The summed E-state index contributed by atoms with van der Waals surface area (Å²) in [6.07, 6.45) is 0. The van der Waals surface area contributed by atoms with E-state index in [0.29, 0.717) is 11.3 Å². The van der Waals surface area contributed by atoms with E-state index in [0.717, 1.165) is 5.56 Å². The summed E-state index contributed by atoms with van der Waals surface area (Å²) in [6.45, 7) is 3.19. The van der Waals surface area contributed by atoms with Gasteiger partial charge in [0.15, 0.2) is 5.78 Å². The Balaban J connectivity index is 3.38. The van der Waals surface area contributed by atoms with E-state index in [1.54, 1.807) is 14.0 Å². The van der Waals surface area contributed by atoms with Gasteiger partial charge in [0, 0.05) is 18.3 Å². The average Bonchev–Trinajstić information content (AvgIpc) is 2.02. The van der Waals surface area contributed by atoms with Crippen molar-refractivity contribution in [2.24, 2.45) is 0 Å². The van der Waals surface area contributed by atoms with Crippen molar-refractivity contribution >= 4 is 11.5 Å². The third kappa shape index (κ3) is 1.86. The molecule has 0 saturated heterocycles. The zero-order valence-electron chi connectivity index (χ0n) is 7.94. The second kappa shape index (κ2) is 3.56. The standard InChI is InChI=1S/C10H12FNO/c1-6-4-8(11)5-9(7(2)13)10(6)12-3/h4-5,12H,1-3H3. The zero-order chi connectivity index (χ0) is 10.0. The van der Waals surface area contributed by atoms with Crippen LogP contribution in [0.25, 0.3) is 0 Å². The molecule has 0 atom stereocenters. The molecule has 2 nitrogen and oxygen atoms in total. The van der Waals surface area contributed by atoms with Crippen molar-refractivity contribution < 1.29 is 9.18 Å². The second-order valence-corrected chi connectivity index (χ2v) is 2.95. The molecule has 1 rings (SSSR count). The number of nitrogens with one attached hydrogen (secondary N) is 1. The maximum atomic E-state index is 12.9. The molecule has 0 bridgehead atoms. The van der Waals surface area contributed by atoms with Gasteiger partial charge in [-0.1, -0.05) is 0 Å². The highest BCUT2D eigenvalue weighted by molar-refractivity contribution is 6.00. The highest BCUT2D eigenvalue weighted by atomic mass is 19.1. The van der Waals surface area contributed by atoms with Gasteiger partial charge >= 0.3 is 0 Å². The van der Waals surface area contributed by atoms with Crippen LogP contribution in [0.4, 0.5) is 10.1 Å². The summed E-state index contributed by atoms with van der Waals surface area (Å²) in [5.74, 6) is -0.506. The highest BCUT2D eigenvalue weighted by Crippen LogP contribution is 2.22. The molecule has 1 aromatic rings. The van der Waals surface area contributed by atoms with E-state index in [9.17, 15) is 9.18 Å². The summed E-state index contributed by atoms with van der Waals surface area (Å²) in [4.78, 5) is 11.1. The molecule has 13 heavy (non-hydrogen) atoms. The molecule has 0 fully saturated rings. The lowest BCUT2D eigenvalue weighted by Gasteiger charge is -2.09. The molecule has 70 valence electrons. The first-order chi connectivity index (χ1) is 6.06. The lowest BCUT2D eigenvalue weighted by atomic mass is 10.0. The fourth-order valence-electron chi connectivity index (χ4n) is 1.35. The fourth-order valence-corrected chi connectivity index (χ4v) is 1.35. The average molecular weight is 181 g/mol. The first-order valence-corrected chi connectivity index (χ1v) is 4.05. The van der Waals surface area contributed by atoms with E-state index in [2.05, 4.69) is 5.32 Å². The number of carbonyl (C=O) groups excluding carboxylic acids is 1. The Kier molecular flexibility index (Phi) is 2.66. The van der Waals surface area contributed by atoms with Gasteiger partial charge in [-0.2, -0.15) is 0 Å². The van der Waals surface area contributed by atoms with Gasteiger partial charge in [0.05, 0.1) is 0 Å². The molecule has 0 aliphatic rings. The van der Waals surface area contributed by atoms with Crippen LogP contribution in [-0.2, 0) is 0 Å². The normalized spacial score (nSPS) is 9.85. The lowest BCUT2D eigenvalue weighted by Crippen LogP contribution is -2.03. The van der Waals surface area contributed by atoms with Gasteiger partial charge in [0.25, 0.3) is 0 Å². The lowest BCUT2D eigenvalue weighted by molar-refractivity contribution is 0.101. The van der Waals surface area contributed by atoms with E-state index in [4.69, 9.17) is 0 Å². The largest absolute Gasteiger partial charge is 0.387 e. The maximum Gasteiger partial charge on any atom is 0.161 e. The zero-order valence-corrected chi connectivity index (χ0v) is 7.94. The van der Waals surface area contributed by atoms with Crippen LogP contribution >= 0.6 is 0 Å². The minimum absolute atomic E-state index is 0.132. The first kappa shape index (κ1) is 9.71. The third-order valence-corrected chi connectivity index (χ3v) is 1.93. The maximum absolute atomic E-state index is 12.9. The molecule has 1 aromatic carbocycles. The van der Waals surface area contributed by atoms with E-state index in [1.807, 2.05) is 0 Å². The van der Waals surface area contributed by atoms with Crippen LogP contribution in [0.3, 0.4) is 0 Å². The SMILES string of the molecule is CNc1c(C)cc(F)cc1C(C)=O. The van der Waals surface area contributed by atoms with Gasteiger partial charge in [-0.25, -0.2) is 4.39 Å². The number of carbonyl (C=O) groups is 1. The smallest absolute Gasteiger partial charge is 0.161 e. The molecule has 0 radical (unpaired) electrons. The molecule has 0 saturated carbocycles. The Morgan fingerprint density at radius 2 is 2.08 bits per heavy atom. The number of rotatable bonds is 2. The minimum atomic E-state index is -0.373. The molecule has 0 aromatic heterocycles. The Morgan fingerprint density at radius 3 is 2.54 bits per heavy atom. The van der Waals surface area contributed by atoms with E-state index in [1.165, 1.54) is 19.1 Å². The van der Waals surface area contributed by atoms with Crippen molar-refractivity contribution in [3.8, 4) is 0 Å². The van der Waals surface area contributed by atoms with E-state index < -0.39 is 0 Å². The molecule has 0 heterocycles. The summed E-state index contributed by atoms with van der Waals surface area (Å²) < 4.78 is 12.9. The highest BCUT2D eigenvalue weighted by Gasteiger charge is 2.10. The van der Waals surface area contributed by atoms with Crippen LogP contribution < -0.4 is 5.32 Å². The predicted molar refractivity (Wildman–Crippen MR) is 50.7 cm³/mol. The summed E-state index contributed by atoms with van der Waals surface area (Å²) in [5.41, 5.74) is 1.85. The summed E-state index contributed by atoms with van der Waals surface area (Å²) in [5, 5.41) is 2.88. The third-order valence-electron chi connectivity index (χ3n) is 1.93. The Morgan fingerprint density at radius 1 is 1.46 bits per heavy atom. The predicted octanol–water partition coefficient (Wildman–Crippen LogP) is 2.38. The van der Waals surface area contributed by atoms with Crippen molar-refractivity contribution in [1.29, 1.82) is 0 Å². The number of ketones is 1. The van der Waals surface area contributed by atoms with Gasteiger partial charge in [-0.3, -0.25) is 4.79 Å². The van der Waals surface area contributed by atoms with Crippen molar-refractivity contribution in [3.63, 3.8) is 0 Å². The number of hydrogen-bond acceptors (Lipinski definition) is 2. The quantitative estimate of drug-likeness (QED) is 0.710. The van der Waals surface area contributed by atoms with Gasteiger partial charge in [0.2, 0.25) is 0 Å². The molecular formula is C10H12FNO. The molecule has 0 spiro atoms. The first-order valence-electron chi connectivity index (χ1n) is 4.05. The van der Waals surface area contributed by atoms with Crippen molar-refractivity contribution in [2.75, 3.05) is 12.4 Å². The monoisotopic (exact) mass is 181 g/mol. The van der Waals surface area contributed by atoms with Crippen LogP contribution in [0.2, 0.25) is 0 Å². The Labute approximate surface area is 76.8 Å². The number of hydrogen-bond donors (Lipinski definition) is 1. The molecule has 0 aliphatic heterocycles. The molecular weight excluding hydrogens is 169 g/mol. The number of benzene rings is 1. The van der Waals surface area contributed by atoms with Crippen LogP contribution in [0.5, 0.6) is 0 Å². The van der Waals surface area contributed by atoms with Crippen LogP contribution in [-0.4, -0.2) is 12.8 Å². The molecule has 3 heteroatoms. The molecule has 0 unspecified atom stereocenters. The summed E-state index contributed by atoms with van der Waals surface area (Å²) in [6, 6.07) is 2.65. The van der Waals surface area contributed by atoms with Crippen molar-refractivity contribution in [1.82, 2.24) is 0 Å². The molecule has 1 N–H and O–H groups in total. The van der Waals surface area contributed by atoms with Crippen LogP contribution in [0.1, 0.15) is 22.8 Å². The van der Waals surface area contributed by atoms with Crippen molar-refractivity contribution in [2.45, 2.75) is 13.8 Å². The number of halogens is 1. The van der Waals surface area contributed by atoms with Gasteiger partial charge in [0.1, 0.15) is 5.82 Å². The van der Waals surface area contributed by atoms with Crippen LogP contribution in [0.15, 0.2) is 12.1 Å². The molecule has 0 amide bonds. The minimum Gasteiger partial charge on any atom is -0.387 e. The number of Topliss-reactive ketones (excluding diaryl/α,β-unsaturated/α-hetero) is 1. The van der Waals surface area contributed by atoms with Gasteiger partial charge in [-0.15, -0.1) is 0 Å². The number of aryl methyl sites for hydroxylation is 1. The van der Waals surface area contributed by atoms with Crippen molar-refractivity contribution in [3.05, 3.63) is 29.1 Å². The molecule has 0 aliphatic carbocycles. The summed E-state index contributed by atoms with van der Waals surface area (Å²) >= 11 is 0. The topological polar surface area (TPSA) is 29.1 Å². The second-order valence-electron chi connectivity index (χ2n) is 2.95. The van der Waals surface area contributed by atoms with Crippen LogP contribution in [0, 0.1) is 12.7 Å². The Bertz CT molecular complexity index is 347. The van der Waals surface area contributed by atoms with Gasteiger partial charge < -0.3 is 5.32 Å².